The van der Waals surface area contributed by atoms with Crippen LogP contribution in [0.3, 0.4) is 0 Å². The van der Waals surface area contributed by atoms with Crippen molar-refractivity contribution in [2.45, 2.75) is 13.3 Å². The summed E-state index contributed by atoms with van der Waals surface area (Å²) < 4.78 is 1.21. The van der Waals surface area contributed by atoms with E-state index >= 15 is 0 Å². The van der Waals surface area contributed by atoms with Crippen LogP contribution in [0.2, 0.25) is 0 Å². The van der Waals surface area contributed by atoms with Crippen molar-refractivity contribution in [3.63, 3.8) is 0 Å². The normalized spacial score (nSPS) is 10.4. The maximum Gasteiger partial charge on any atom is 0.224 e. The van der Waals surface area contributed by atoms with Gasteiger partial charge in [-0.25, -0.2) is 0 Å². The summed E-state index contributed by atoms with van der Waals surface area (Å²) in [4.78, 5) is 11.2. The van der Waals surface area contributed by atoms with Gasteiger partial charge in [0.25, 0.3) is 0 Å². The molecule has 0 aliphatic heterocycles. The van der Waals surface area contributed by atoms with E-state index in [9.17, 15) is 4.79 Å². The predicted octanol–water partition coefficient (Wildman–Crippen LogP) is 3.25. The van der Waals surface area contributed by atoms with E-state index in [2.05, 4.69) is 11.4 Å². The Bertz CT molecular complexity index is 461. The van der Waals surface area contributed by atoms with Crippen LogP contribution in [0, 0.1) is 0 Å². The largest absolute Gasteiger partial charge is 0.325 e. The Balaban J connectivity index is 2.38. The summed E-state index contributed by atoms with van der Waals surface area (Å²) in [6.45, 7) is 1.85. The van der Waals surface area contributed by atoms with Gasteiger partial charge in [-0.1, -0.05) is 25.1 Å². The third-order valence-electron chi connectivity index (χ3n) is 2.08. The zero-order chi connectivity index (χ0) is 9.97. The molecule has 2 nitrogen and oxygen atoms in total. The number of thiophene rings is 1. The molecule has 1 amide bonds. The second-order valence-corrected chi connectivity index (χ2v) is 3.96. The number of carbonyl (C=O) groups is 1. The number of fused-ring (bicyclic) bond motifs is 1. The van der Waals surface area contributed by atoms with Gasteiger partial charge >= 0.3 is 0 Å². The molecule has 14 heavy (non-hydrogen) atoms. The summed E-state index contributed by atoms with van der Waals surface area (Å²) in [6.07, 6.45) is 0.518. The molecule has 1 N–H and O–H groups in total. The fraction of sp³-hybridized carbons (Fsp3) is 0.182. The highest BCUT2D eigenvalue weighted by molar-refractivity contribution is 7.17. The van der Waals surface area contributed by atoms with E-state index in [1.54, 1.807) is 11.3 Å². The fourth-order valence-corrected chi connectivity index (χ4v) is 2.21. The number of hydrogen-bond donors (Lipinski definition) is 1. The monoisotopic (exact) mass is 205 g/mol. The van der Waals surface area contributed by atoms with Crippen molar-refractivity contribution >= 4 is 33.0 Å². The molecule has 0 radical (unpaired) electrons. The number of benzene rings is 1. The van der Waals surface area contributed by atoms with E-state index in [0.29, 0.717) is 6.42 Å². The maximum atomic E-state index is 11.2. The molecule has 0 saturated heterocycles. The number of hydrogen-bond acceptors (Lipinski definition) is 2. The minimum Gasteiger partial charge on any atom is -0.325 e. The first kappa shape index (κ1) is 9.21. The van der Waals surface area contributed by atoms with Crippen LogP contribution >= 0.6 is 11.3 Å². The molecule has 1 aromatic carbocycles. The standard InChI is InChI=1S/C11H11NOS/c1-2-11(13)12-9-7-14-10-6-4-3-5-8(9)10/h3-7H,2H2,1H3,(H,12,13). The van der Waals surface area contributed by atoms with Crippen molar-refractivity contribution in [3.8, 4) is 0 Å². The summed E-state index contributed by atoms with van der Waals surface area (Å²) >= 11 is 1.65. The molecule has 0 atom stereocenters. The first-order chi connectivity index (χ1) is 6.81. The quantitative estimate of drug-likeness (QED) is 0.801. The smallest absolute Gasteiger partial charge is 0.224 e. The van der Waals surface area contributed by atoms with Gasteiger partial charge in [-0.15, -0.1) is 11.3 Å². The molecule has 0 unspecified atom stereocenters. The van der Waals surface area contributed by atoms with Gasteiger partial charge in [-0.3, -0.25) is 4.79 Å². The van der Waals surface area contributed by atoms with Gasteiger partial charge in [0.15, 0.2) is 0 Å². The minimum absolute atomic E-state index is 0.0635. The van der Waals surface area contributed by atoms with Crippen LogP contribution in [0.1, 0.15) is 13.3 Å². The number of rotatable bonds is 2. The molecule has 0 aliphatic rings. The van der Waals surface area contributed by atoms with E-state index in [-0.39, 0.29) is 5.91 Å². The van der Waals surface area contributed by atoms with Crippen LogP contribution in [0.4, 0.5) is 5.69 Å². The number of nitrogens with one attached hydrogen (secondary N) is 1. The molecule has 72 valence electrons. The van der Waals surface area contributed by atoms with Crippen LogP contribution in [-0.4, -0.2) is 5.91 Å². The average molecular weight is 205 g/mol. The minimum atomic E-state index is 0.0635. The highest BCUT2D eigenvalue weighted by Crippen LogP contribution is 2.29. The van der Waals surface area contributed by atoms with Crippen LogP contribution in [0.15, 0.2) is 29.6 Å². The second-order valence-electron chi connectivity index (χ2n) is 3.05. The Morgan fingerprint density at radius 1 is 1.43 bits per heavy atom. The van der Waals surface area contributed by atoms with Crippen molar-refractivity contribution in [1.82, 2.24) is 0 Å². The summed E-state index contributed by atoms with van der Waals surface area (Å²) in [5, 5.41) is 5.99. The first-order valence-corrected chi connectivity index (χ1v) is 5.45. The molecule has 0 bridgehead atoms. The topological polar surface area (TPSA) is 29.1 Å². The molecule has 2 aromatic rings. The van der Waals surface area contributed by atoms with Gasteiger partial charge < -0.3 is 5.32 Å². The lowest BCUT2D eigenvalue weighted by Gasteiger charge is -2.00. The van der Waals surface area contributed by atoms with E-state index in [0.717, 1.165) is 11.1 Å². The van der Waals surface area contributed by atoms with Crippen LogP contribution in [0.5, 0.6) is 0 Å². The molecule has 2 rings (SSSR count). The third-order valence-corrected chi connectivity index (χ3v) is 3.04. The van der Waals surface area contributed by atoms with Crippen LogP contribution in [0.25, 0.3) is 10.1 Å². The molecule has 0 aliphatic carbocycles. The van der Waals surface area contributed by atoms with Crippen molar-refractivity contribution in [2.24, 2.45) is 0 Å². The van der Waals surface area contributed by atoms with Gasteiger partial charge in [-0.2, -0.15) is 0 Å². The molecule has 1 aromatic heterocycles. The Hall–Kier alpha value is -1.35. The highest BCUT2D eigenvalue weighted by atomic mass is 32.1. The molecule has 0 saturated carbocycles. The Kier molecular flexibility index (Phi) is 2.50. The summed E-state index contributed by atoms with van der Waals surface area (Å²) in [6, 6.07) is 8.07. The molecular formula is C11H11NOS. The zero-order valence-electron chi connectivity index (χ0n) is 7.91. The van der Waals surface area contributed by atoms with Crippen molar-refractivity contribution < 1.29 is 4.79 Å². The Morgan fingerprint density at radius 3 is 3.00 bits per heavy atom. The van der Waals surface area contributed by atoms with Crippen LogP contribution in [-0.2, 0) is 4.79 Å². The van der Waals surface area contributed by atoms with E-state index in [4.69, 9.17) is 0 Å². The van der Waals surface area contributed by atoms with Crippen molar-refractivity contribution in [1.29, 1.82) is 0 Å². The predicted molar refractivity (Wildman–Crippen MR) is 60.7 cm³/mol. The average Bonchev–Trinajstić information content (AvgIpc) is 2.62. The lowest BCUT2D eigenvalue weighted by atomic mass is 10.2. The number of amides is 1. The van der Waals surface area contributed by atoms with Gasteiger partial charge in [0.05, 0.1) is 5.69 Å². The molecule has 3 heteroatoms. The van der Waals surface area contributed by atoms with E-state index < -0.39 is 0 Å². The fourth-order valence-electron chi connectivity index (χ4n) is 1.31. The molecule has 1 heterocycles. The SMILES string of the molecule is CCC(=O)Nc1csc2ccccc12. The second kappa shape index (κ2) is 3.80. The van der Waals surface area contributed by atoms with Gasteiger partial charge in [0, 0.05) is 21.9 Å². The summed E-state index contributed by atoms with van der Waals surface area (Å²) in [5.41, 5.74) is 0.928. The third kappa shape index (κ3) is 1.63. The lowest BCUT2D eigenvalue weighted by Crippen LogP contribution is -2.08. The first-order valence-electron chi connectivity index (χ1n) is 4.57. The van der Waals surface area contributed by atoms with Gasteiger partial charge in [0.1, 0.15) is 0 Å². The Labute approximate surface area is 86.6 Å². The molecule has 0 spiro atoms. The van der Waals surface area contributed by atoms with Gasteiger partial charge in [-0.05, 0) is 6.07 Å². The summed E-state index contributed by atoms with van der Waals surface area (Å²) in [5.74, 6) is 0.0635. The molecular weight excluding hydrogens is 194 g/mol. The molecule has 0 fully saturated rings. The summed E-state index contributed by atoms with van der Waals surface area (Å²) in [7, 11) is 0. The highest BCUT2D eigenvalue weighted by Gasteiger charge is 2.04. The van der Waals surface area contributed by atoms with E-state index in [1.165, 1.54) is 4.70 Å². The maximum absolute atomic E-state index is 11.2. The number of anilines is 1. The lowest BCUT2D eigenvalue weighted by molar-refractivity contribution is -0.115. The van der Waals surface area contributed by atoms with Crippen LogP contribution < -0.4 is 5.32 Å². The van der Waals surface area contributed by atoms with E-state index in [1.807, 2.05) is 30.5 Å². The van der Waals surface area contributed by atoms with Crippen molar-refractivity contribution in [2.75, 3.05) is 5.32 Å². The number of carbonyl (C=O) groups excluding carboxylic acids is 1. The zero-order valence-corrected chi connectivity index (χ0v) is 8.73. The van der Waals surface area contributed by atoms with Crippen molar-refractivity contribution in [3.05, 3.63) is 29.6 Å². The van der Waals surface area contributed by atoms with Gasteiger partial charge in [0.2, 0.25) is 5.91 Å². The Morgan fingerprint density at radius 2 is 2.21 bits per heavy atom.